The van der Waals surface area contributed by atoms with Gasteiger partial charge in [0, 0.05) is 30.3 Å². The van der Waals surface area contributed by atoms with Gasteiger partial charge < -0.3 is 4.90 Å². The predicted octanol–water partition coefficient (Wildman–Crippen LogP) is 3.13. The Labute approximate surface area is 104 Å². The molecule has 3 aliphatic rings. The summed E-state index contributed by atoms with van der Waals surface area (Å²) in [4.78, 5) is 14.2. The number of carbonyl (C=O) groups is 1. The van der Waals surface area contributed by atoms with E-state index in [0.29, 0.717) is 11.8 Å². The molecule has 2 nitrogen and oxygen atoms in total. The van der Waals surface area contributed by atoms with Crippen molar-refractivity contribution in [3.8, 4) is 0 Å². The van der Waals surface area contributed by atoms with Crippen molar-refractivity contribution >= 4 is 5.78 Å². The number of allylic oxidation sites excluding steroid dienone is 2. The first-order chi connectivity index (χ1) is 8.15. The highest BCUT2D eigenvalue weighted by atomic mass is 16.1. The molecule has 0 spiro atoms. The zero-order valence-corrected chi connectivity index (χ0v) is 11.0. The Balaban J connectivity index is 1.85. The van der Waals surface area contributed by atoms with Crippen molar-refractivity contribution < 1.29 is 4.79 Å². The molecule has 0 aromatic heterocycles. The Hall–Kier alpha value is -0.790. The quantitative estimate of drug-likeness (QED) is 0.640. The van der Waals surface area contributed by atoms with Crippen molar-refractivity contribution in [2.75, 3.05) is 0 Å². The van der Waals surface area contributed by atoms with Crippen LogP contribution in [0.5, 0.6) is 0 Å². The molecule has 94 valence electrons. The minimum Gasteiger partial charge on any atom is -0.368 e. The lowest BCUT2D eigenvalue weighted by Crippen LogP contribution is -2.53. The van der Waals surface area contributed by atoms with Crippen LogP contribution in [0.1, 0.15) is 52.4 Å². The Morgan fingerprint density at radius 1 is 1.24 bits per heavy atom. The number of carbonyl (C=O) groups excluding carboxylic acids is 1. The highest BCUT2D eigenvalue weighted by Gasteiger charge is 2.41. The molecule has 2 heteroatoms. The molecule has 0 amide bonds. The molecule has 2 aliphatic heterocycles. The van der Waals surface area contributed by atoms with E-state index in [1.165, 1.54) is 37.8 Å². The molecule has 1 aliphatic carbocycles. The van der Waals surface area contributed by atoms with E-state index in [1.807, 2.05) is 6.08 Å². The second-order valence-corrected chi connectivity index (χ2v) is 6.34. The summed E-state index contributed by atoms with van der Waals surface area (Å²) in [5.41, 5.74) is 1.23. The maximum absolute atomic E-state index is 11.6. The largest absolute Gasteiger partial charge is 0.368 e. The molecule has 3 rings (SSSR count). The summed E-state index contributed by atoms with van der Waals surface area (Å²) in [6.07, 6.45) is 9.30. The zero-order valence-electron chi connectivity index (χ0n) is 11.0. The molecule has 2 heterocycles. The molecule has 4 unspecified atom stereocenters. The SMILES string of the molecule is CC1=CC(=O)CC2CCC3CC(C)CCC3N12. The summed E-state index contributed by atoms with van der Waals surface area (Å²) >= 11 is 0. The third-order valence-corrected chi connectivity index (χ3v) is 5.04. The molecule has 0 aromatic rings. The summed E-state index contributed by atoms with van der Waals surface area (Å²) in [6, 6.07) is 1.25. The van der Waals surface area contributed by atoms with Gasteiger partial charge in [0.15, 0.2) is 5.78 Å². The average Bonchev–Trinajstić information content (AvgIpc) is 2.28. The fraction of sp³-hybridized carbons (Fsp3) is 0.800. The number of rotatable bonds is 0. The van der Waals surface area contributed by atoms with Gasteiger partial charge in [-0.1, -0.05) is 6.92 Å². The molecular weight excluding hydrogens is 210 g/mol. The van der Waals surface area contributed by atoms with E-state index in [1.54, 1.807) is 0 Å². The van der Waals surface area contributed by atoms with Crippen LogP contribution < -0.4 is 0 Å². The predicted molar refractivity (Wildman–Crippen MR) is 68.5 cm³/mol. The first-order valence-corrected chi connectivity index (χ1v) is 7.14. The Morgan fingerprint density at radius 2 is 2.06 bits per heavy atom. The molecule has 1 saturated heterocycles. The highest BCUT2D eigenvalue weighted by molar-refractivity contribution is 5.91. The smallest absolute Gasteiger partial charge is 0.159 e. The summed E-state index contributed by atoms with van der Waals surface area (Å²) in [7, 11) is 0. The van der Waals surface area contributed by atoms with Crippen molar-refractivity contribution in [2.24, 2.45) is 11.8 Å². The lowest BCUT2D eigenvalue weighted by Gasteiger charge is -2.52. The minimum atomic E-state index is 0.339. The van der Waals surface area contributed by atoms with Crippen LogP contribution in [0.25, 0.3) is 0 Å². The van der Waals surface area contributed by atoms with Crippen LogP contribution in [0.2, 0.25) is 0 Å². The van der Waals surface area contributed by atoms with Crippen LogP contribution in [0.15, 0.2) is 11.8 Å². The fourth-order valence-corrected chi connectivity index (χ4v) is 4.32. The van der Waals surface area contributed by atoms with Crippen molar-refractivity contribution in [1.82, 2.24) is 4.90 Å². The van der Waals surface area contributed by atoms with Crippen LogP contribution in [0.4, 0.5) is 0 Å². The molecule has 0 bridgehead atoms. The first-order valence-electron chi connectivity index (χ1n) is 7.14. The molecule has 0 aromatic carbocycles. The van der Waals surface area contributed by atoms with E-state index in [2.05, 4.69) is 18.7 Å². The Kier molecular flexibility index (Phi) is 2.76. The highest BCUT2D eigenvalue weighted by Crippen LogP contribution is 2.43. The average molecular weight is 233 g/mol. The van der Waals surface area contributed by atoms with Gasteiger partial charge in [0.25, 0.3) is 0 Å². The van der Waals surface area contributed by atoms with Crippen molar-refractivity contribution in [3.63, 3.8) is 0 Å². The monoisotopic (exact) mass is 233 g/mol. The molecule has 17 heavy (non-hydrogen) atoms. The van der Waals surface area contributed by atoms with Crippen molar-refractivity contribution in [2.45, 2.75) is 64.5 Å². The van der Waals surface area contributed by atoms with E-state index in [4.69, 9.17) is 0 Å². The zero-order chi connectivity index (χ0) is 12.0. The molecule has 0 N–H and O–H groups in total. The van der Waals surface area contributed by atoms with Crippen LogP contribution >= 0.6 is 0 Å². The molecule has 2 fully saturated rings. The number of hydrogen-bond donors (Lipinski definition) is 0. The summed E-state index contributed by atoms with van der Waals surface area (Å²) in [5, 5.41) is 0. The second-order valence-electron chi connectivity index (χ2n) is 6.34. The number of nitrogens with zero attached hydrogens (tertiary/aromatic N) is 1. The van der Waals surface area contributed by atoms with Crippen LogP contribution in [0, 0.1) is 11.8 Å². The number of hydrogen-bond acceptors (Lipinski definition) is 2. The summed E-state index contributed by atoms with van der Waals surface area (Å²) in [5.74, 6) is 2.13. The molecular formula is C15H23NO. The van der Waals surface area contributed by atoms with Gasteiger partial charge in [-0.3, -0.25) is 4.79 Å². The van der Waals surface area contributed by atoms with E-state index in [-0.39, 0.29) is 0 Å². The third kappa shape index (κ3) is 1.92. The topological polar surface area (TPSA) is 20.3 Å². The second kappa shape index (κ2) is 4.15. The Morgan fingerprint density at radius 3 is 2.88 bits per heavy atom. The van der Waals surface area contributed by atoms with E-state index in [9.17, 15) is 4.79 Å². The first kappa shape index (κ1) is 11.3. The molecule has 0 radical (unpaired) electrons. The maximum Gasteiger partial charge on any atom is 0.159 e. The Bertz CT molecular complexity index is 360. The normalized spacial score (nSPS) is 41.6. The van der Waals surface area contributed by atoms with Crippen LogP contribution in [-0.4, -0.2) is 22.8 Å². The van der Waals surface area contributed by atoms with Gasteiger partial charge in [0.1, 0.15) is 0 Å². The summed E-state index contributed by atoms with van der Waals surface area (Å²) in [6.45, 7) is 4.52. The third-order valence-electron chi connectivity index (χ3n) is 5.04. The van der Waals surface area contributed by atoms with Crippen LogP contribution in [0.3, 0.4) is 0 Å². The molecule has 4 atom stereocenters. The van der Waals surface area contributed by atoms with E-state index in [0.717, 1.165) is 24.3 Å². The van der Waals surface area contributed by atoms with Gasteiger partial charge >= 0.3 is 0 Å². The lowest BCUT2D eigenvalue weighted by atomic mass is 9.71. The maximum atomic E-state index is 11.6. The molecule has 1 saturated carbocycles. The van der Waals surface area contributed by atoms with Crippen LogP contribution in [-0.2, 0) is 4.79 Å². The van der Waals surface area contributed by atoms with Gasteiger partial charge in [0.2, 0.25) is 0 Å². The van der Waals surface area contributed by atoms with Gasteiger partial charge in [-0.25, -0.2) is 0 Å². The van der Waals surface area contributed by atoms with Crippen molar-refractivity contribution in [1.29, 1.82) is 0 Å². The minimum absolute atomic E-state index is 0.339. The standard InChI is InChI=1S/C15H23NO/c1-10-3-6-15-12(7-10)4-5-13-9-14(17)8-11(2)16(13)15/h8,10,12-13,15H,3-7,9H2,1-2H3. The fourth-order valence-electron chi connectivity index (χ4n) is 4.32. The van der Waals surface area contributed by atoms with E-state index < -0.39 is 0 Å². The van der Waals surface area contributed by atoms with Gasteiger partial charge in [0.05, 0.1) is 0 Å². The van der Waals surface area contributed by atoms with E-state index >= 15 is 0 Å². The van der Waals surface area contributed by atoms with Crippen molar-refractivity contribution in [3.05, 3.63) is 11.8 Å². The van der Waals surface area contributed by atoms with Gasteiger partial charge in [-0.15, -0.1) is 0 Å². The number of piperidine rings is 1. The lowest BCUT2D eigenvalue weighted by molar-refractivity contribution is -0.118. The summed E-state index contributed by atoms with van der Waals surface area (Å²) < 4.78 is 0. The van der Waals surface area contributed by atoms with Gasteiger partial charge in [-0.2, -0.15) is 0 Å². The van der Waals surface area contributed by atoms with Gasteiger partial charge in [-0.05, 0) is 50.9 Å². The number of fused-ring (bicyclic) bond motifs is 3. The number of ketones is 1.